The average Bonchev–Trinajstić information content (AvgIpc) is 3.14. The number of carboxylic acids is 1. The summed E-state index contributed by atoms with van der Waals surface area (Å²) >= 11 is 0. The van der Waals surface area contributed by atoms with Crippen LogP contribution in [0.4, 0.5) is 0 Å². The van der Waals surface area contributed by atoms with Crippen LogP contribution in [0.5, 0.6) is 0 Å². The number of carboxylic acid groups (broad SMARTS) is 1. The minimum Gasteiger partial charge on any atom is -0.481 e. The van der Waals surface area contributed by atoms with E-state index in [1.807, 2.05) is 0 Å². The molecule has 1 atom stereocenters. The van der Waals surface area contributed by atoms with Crippen LogP contribution in [0.3, 0.4) is 0 Å². The number of hydrogen-bond acceptors (Lipinski definition) is 2. The fourth-order valence-electron chi connectivity index (χ4n) is 8.11. The maximum absolute atomic E-state index is 12.6. The van der Waals surface area contributed by atoms with Gasteiger partial charge in [0.1, 0.15) is 11.7 Å². The predicted molar refractivity (Wildman–Crippen MR) is 231 cm³/mol. The molecule has 310 valence electrons. The summed E-state index contributed by atoms with van der Waals surface area (Å²) in [6.07, 6.45) is 57.8. The molecule has 3 nitrogen and oxygen atoms in total. The number of rotatable bonds is 46. The first-order chi connectivity index (χ1) is 25.6. The minimum absolute atomic E-state index is 0.0305. The summed E-state index contributed by atoms with van der Waals surface area (Å²) in [5.41, 5.74) is 0. The molecule has 0 aliphatic rings. The van der Waals surface area contributed by atoms with Gasteiger partial charge >= 0.3 is 5.97 Å². The highest BCUT2D eigenvalue weighted by atomic mass is 16.4. The Kier molecular flexibility index (Phi) is 43.8. The van der Waals surface area contributed by atoms with E-state index in [0.29, 0.717) is 12.8 Å². The molecule has 0 bridgehead atoms. The highest BCUT2D eigenvalue weighted by Crippen LogP contribution is 2.20. The van der Waals surface area contributed by atoms with Crippen molar-refractivity contribution in [2.75, 3.05) is 0 Å². The number of aliphatic carboxylic acids is 1. The Labute approximate surface area is 327 Å². The third-order valence-corrected chi connectivity index (χ3v) is 11.8. The lowest BCUT2D eigenvalue weighted by molar-refractivity contribution is -0.146. The zero-order valence-electron chi connectivity index (χ0n) is 36.0. The number of carbonyl (C=O) groups is 2. The van der Waals surface area contributed by atoms with Gasteiger partial charge in [-0.2, -0.15) is 0 Å². The van der Waals surface area contributed by atoms with E-state index in [4.69, 9.17) is 0 Å². The lowest BCUT2D eigenvalue weighted by atomic mass is 9.93. The van der Waals surface area contributed by atoms with Crippen molar-refractivity contribution in [2.24, 2.45) is 5.92 Å². The topological polar surface area (TPSA) is 54.4 Å². The molecule has 0 aliphatic carbocycles. The fraction of sp³-hybridized carbons (Fsp3) is 0.959. The first-order valence-electron chi connectivity index (χ1n) is 24.4. The summed E-state index contributed by atoms with van der Waals surface area (Å²) in [6.45, 7) is 4.57. The smallest absolute Gasteiger partial charge is 0.314 e. The Balaban J connectivity index is 3.39. The summed E-state index contributed by atoms with van der Waals surface area (Å²) in [5.74, 6) is -1.71. The number of unbranched alkanes of at least 4 members (excludes halogenated alkanes) is 40. The van der Waals surface area contributed by atoms with Gasteiger partial charge in [0.05, 0.1) is 0 Å². The highest BCUT2D eigenvalue weighted by molar-refractivity contribution is 5.98. The molecule has 3 heteroatoms. The van der Waals surface area contributed by atoms with Crippen LogP contribution in [0.1, 0.15) is 296 Å². The van der Waals surface area contributed by atoms with Crippen LogP contribution in [0.25, 0.3) is 0 Å². The van der Waals surface area contributed by atoms with E-state index >= 15 is 0 Å². The van der Waals surface area contributed by atoms with Crippen LogP contribution in [0, 0.1) is 5.92 Å². The first kappa shape index (κ1) is 51.1. The molecule has 0 saturated heterocycles. The SMILES string of the molecule is CCCCCCCCCCCCCCCCCCCCCCCCCCCCCCC(=O)C(CCCCCCCCCCCCCCCC)C(=O)O. The van der Waals surface area contributed by atoms with E-state index in [1.165, 1.54) is 244 Å². The quantitative estimate of drug-likeness (QED) is 0.0501. The summed E-state index contributed by atoms with van der Waals surface area (Å²) in [4.78, 5) is 24.4. The zero-order chi connectivity index (χ0) is 37.8. The molecule has 0 aromatic rings. The van der Waals surface area contributed by atoms with Crippen LogP contribution in [0.2, 0.25) is 0 Å². The van der Waals surface area contributed by atoms with Gasteiger partial charge in [-0.05, 0) is 12.8 Å². The van der Waals surface area contributed by atoms with Gasteiger partial charge in [0.25, 0.3) is 0 Å². The number of Topliss-reactive ketones (excluding diaryl/α,β-unsaturated/α-hetero) is 1. The van der Waals surface area contributed by atoms with Crippen molar-refractivity contribution in [2.45, 2.75) is 296 Å². The van der Waals surface area contributed by atoms with Crippen molar-refractivity contribution >= 4 is 11.8 Å². The van der Waals surface area contributed by atoms with Gasteiger partial charge in [0.2, 0.25) is 0 Å². The van der Waals surface area contributed by atoms with Crippen LogP contribution in [-0.4, -0.2) is 16.9 Å². The Morgan fingerprint density at radius 1 is 0.308 bits per heavy atom. The molecule has 0 rings (SSSR count). The van der Waals surface area contributed by atoms with E-state index in [0.717, 1.165) is 25.7 Å². The van der Waals surface area contributed by atoms with Crippen LogP contribution in [0.15, 0.2) is 0 Å². The van der Waals surface area contributed by atoms with Gasteiger partial charge in [-0.15, -0.1) is 0 Å². The largest absolute Gasteiger partial charge is 0.481 e. The second-order valence-corrected chi connectivity index (χ2v) is 17.0. The van der Waals surface area contributed by atoms with Gasteiger partial charge in [0.15, 0.2) is 0 Å². The molecule has 0 aromatic heterocycles. The maximum Gasteiger partial charge on any atom is 0.314 e. The summed E-state index contributed by atoms with van der Waals surface area (Å²) in [7, 11) is 0. The summed E-state index contributed by atoms with van der Waals surface area (Å²) in [5, 5.41) is 9.63. The minimum atomic E-state index is -0.903. The Hall–Kier alpha value is -0.860. The Morgan fingerprint density at radius 2 is 0.500 bits per heavy atom. The van der Waals surface area contributed by atoms with E-state index in [2.05, 4.69) is 13.8 Å². The highest BCUT2D eigenvalue weighted by Gasteiger charge is 2.24. The molecule has 52 heavy (non-hydrogen) atoms. The van der Waals surface area contributed by atoms with Gasteiger partial charge in [-0.3, -0.25) is 9.59 Å². The molecule has 1 unspecified atom stereocenters. The van der Waals surface area contributed by atoms with Crippen molar-refractivity contribution in [3.8, 4) is 0 Å². The van der Waals surface area contributed by atoms with E-state index < -0.39 is 11.9 Å². The van der Waals surface area contributed by atoms with Crippen molar-refractivity contribution in [3.05, 3.63) is 0 Å². The third-order valence-electron chi connectivity index (χ3n) is 11.8. The first-order valence-corrected chi connectivity index (χ1v) is 24.4. The molecule has 0 heterocycles. The standard InChI is InChI=1S/C49H96O3/c1-3-5-7-9-11-13-15-17-19-20-21-22-23-24-25-26-27-28-29-30-31-32-34-36-38-40-42-44-46-48(50)47(49(51)52)45-43-41-39-37-35-33-18-16-14-12-10-8-6-4-2/h47H,3-46H2,1-2H3,(H,51,52). The summed E-state index contributed by atoms with van der Waals surface area (Å²) in [6, 6.07) is 0. The molecule has 0 fully saturated rings. The van der Waals surface area contributed by atoms with Crippen molar-refractivity contribution in [3.63, 3.8) is 0 Å². The van der Waals surface area contributed by atoms with Gasteiger partial charge in [0, 0.05) is 6.42 Å². The van der Waals surface area contributed by atoms with E-state index in [9.17, 15) is 14.7 Å². The molecule has 0 spiro atoms. The third kappa shape index (κ3) is 40.3. The monoisotopic (exact) mass is 733 g/mol. The summed E-state index contributed by atoms with van der Waals surface area (Å²) < 4.78 is 0. The lowest BCUT2D eigenvalue weighted by Crippen LogP contribution is -2.23. The number of ketones is 1. The molecule has 0 aliphatic heterocycles. The molecule has 0 amide bonds. The fourth-order valence-corrected chi connectivity index (χ4v) is 8.11. The van der Waals surface area contributed by atoms with Crippen molar-refractivity contribution in [1.29, 1.82) is 0 Å². The average molecular weight is 733 g/mol. The Morgan fingerprint density at radius 3 is 0.712 bits per heavy atom. The normalized spacial score (nSPS) is 12.1. The predicted octanol–water partition coefficient (Wildman–Crippen LogP) is 17.5. The second-order valence-electron chi connectivity index (χ2n) is 17.0. The molecule has 0 radical (unpaired) electrons. The van der Waals surface area contributed by atoms with E-state index in [-0.39, 0.29) is 5.78 Å². The number of hydrogen-bond donors (Lipinski definition) is 1. The van der Waals surface area contributed by atoms with E-state index in [1.54, 1.807) is 0 Å². The maximum atomic E-state index is 12.6. The molecule has 0 saturated carbocycles. The van der Waals surface area contributed by atoms with Gasteiger partial charge in [-0.1, -0.05) is 277 Å². The zero-order valence-corrected chi connectivity index (χ0v) is 36.0. The van der Waals surface area contributed by atoms with Crippen LogP contribution in [-0.2, 0) is 9.59 Å². The van der Waals surface area contributed by atoms with Crippen LogP contribution < -0.4 is 0 Å². The number of carbonyl (C=O) groups excluding carboxylic acids is 1. The van der Waals surface area contributed by atoms with Gasteiger partial charge < -0.3 is 5.11 Å². The Bertz CT molecular complexity index is 703. The van der Waals surface area contributed by atoms with Crippen molar-refractivity contribution < 1.29 is 14.7 Å². The molecular formula is C49H96O3. The van der Waals surface area contributed by atoms with Crippen LogP contribution >= 0.6 is 0 Å². The molecule has 0 aromatic carbocycles. The van der Waals surface area contributed by atoms with Gasteiger partial charge in [-0.25, -0.2) is 0 Å². The molecular weight excluding hydrogens is 637 g/mol. The lowest BCUT2D eigenvalue weighted by Gasteiger charge is -2.11. The molecule has 1 N–H and O–H groups in total. The second kappa shape index (κ2) is 44.5. The van der Waals surface area contributed by atoms with Crippen molar-refractivity contribution in [1.82, 2.24) is 0 Å².